The van der Waals surface area contributed by atoms with E-state index in [4.69, 9.17) is 0 Å². The van der Waals surface area contributed by atoms with E-state index in [0.717, 1.165) is 25.9 Å². The van der Waals surface area contributed by atoms with E-state index < -0.39 is 11.9 Å². The van der Waals surface area contributed by atoms with E-state index in [1.165, 1.54) is 12.3 Å². The molecule has 1 N–H and O–H groups in total. The van der Waals surface area contributed by atoms with Crippen molar-refractivity contribution < 1.29 is 13.2 Å². The minimum atomic E-state index is -4.41. The lowest BCUT2D eigenvalue weighted by molar-refractivity contribution is -0.142. The molecule has 0 atom stereocenters. The van der Waals surface area contributed by atoms with Crippen LogP contribution in [0.1, 0.15) is 30.0 Å². The fourth-order valence-electron chi connectivity index (χ4n) is 2.02. The highest BCUT2D eigenvalue weighted by molar-refractivity contribution is 5.25. The van der Waals surface area contributed by atoms with Crippen LogP contribution in [0.2, 0.25) is 0 Å². The van der Waals surface area contributed by atoms with Crippen LogP contribution < -0.4 is 5.32 Å². The maximum Gasteiger partial charge on any atom is 0.435 e. The van der Waals surface area contributed by atoms with Crippen LogP contribution in [-0.4, -0.2) is 23.3 Å². The summed E-state index contributed by atoms with van der Waals surface area (Å²) in [6.45, 7) is 1.51. The van der Waals surface area contributed by atoms with Gasteiger partial charge in [0.15, 0.2) is 5.69 Å². The van der Waals surface area contributed by atoms with Crippen molar-refractivity contribution in [1.29, 1.82) is 0 Å². The van der Waals surface area contributed by atoms with E-state index in [-0.39, 0.29) is 11.5 Å². The summed E-state index contributed by atoms with van der Waals surface area (Å²) < 4.78 is 38.1. The Labute approximate surface area is 91.1 Å². The minimum absolute atomic E-state index is 0.0617. The second-order valence-corrected chi connectivity index (χ2v) is 3.86. The van der Waals surface area contributed by atoms with Crippen molar-refractivity contribution in [2.24, 2.45) is 0 Å². The van der Waals surface area contributed by atoms with Crippen LogP contribution in [0, 0.1) is 0 Å². The molecule has 1 aliphatic rings. The summed E-state index contributed by atoms with van der Waals surface area (Å²) in [4.78, 5) is 0. The molecule has 0 aromatic carbocycles. The van der Waals surface area contributed by atoms with Crippen LogP contribution in [0.15, 0.2) is 12.3 Å². The first-order valence-corrected chi connectivity index (χ1v) is 5.18. The Kier molecular flexibility index (Phi) is 3.09. The Morgan fingerprint density at radius 2 is 1.94 bits per heavy atom. The van der Waals surface area contributed by atoms with Crippen molar-refractivity contribution in [3.8, 4) is 0 Å². The summed E-state index contributed by atoms with van der Waals surface area (Å²) in [5.74, 6) is -0.0617. The summed E-state index contributed by atoms with van der Waals surface area (Å²) in [6.07, 6.45) is -1.65. The van der Waals surface area contributed by atoms with Crippen LogP contribution in [-0.2, 0) is 6.18 Å². The molecule has 0 aliphatic carbocycles. The van der Waals surface area contributed by atoms with Crippen molar-refractivity contribution in [2.45, 2.75) is 24.9 Å². The van der Waals surface area contributed by atoms with Crippen LogP contribution in [0.25, 0.3) is 0 Å². The number of piperidine rings is 1. The van der Waals surface area contributed by atoms with Gasteiger partial charge in [0.1, 0.15) is 0 Å². The molecule has 0 saturated carbocycles. The summed E-state index contributed by atoms with van der Waals surface area (Å²) >= 11 is 0. The molecule has 0 spiro atoms. The molecular formula is C10H12F3N3. The maximum atomic E-state index is 12.7. The van der Waals surface area contributed by atoms with Gasteiger partial charge in [-0.15, -0.1) is 5.10 Å². The maximum absolute atomic E-state index is 12.7. The summed E-state index contributed by atoms with van der Waals surface area (Å²) in [6, 6.07) is 1.44. The first kappa shape index (κ1) is 11.3. The molecule has 3 nitrogen and oxygen atoms in total. The molecule has 1 fully saturated rings. The van der Waals surface area contributed by atoms with E-state index in [1.54, 1.807) is 0 Å². The van der Waals surface area contributed by atoms with E-state index >= 15 is 0 Å². The first-order valence-electron chi connectivity index (χ1n) is 5.18. The highest BCUT2D eigenvalue weighted by Gasteiger charge is 2.37. The highest BCUT2D eigenvalue weighted by Crippen LogP contribution is 2.35. The molecule has 1 aromatic rings. The van der Waals surface area contributed by atoms with E-state index in [1.807, 2.05) is 0 Å². The Morgan fingerprint density at radius 1 is 1.25 bits per heavy atom. The van der Waals surface area contributed by atoms with Crippen molar-refractivity contribution in [2.75, 3.05) is 13.1 Å². The van der Waals surface area contributed by atoms with Gasteiger partial charge in [-0.05, 0) is 43.5 Å². The molecule has 0 bridgehead atoms. The van der Waals surface area contributed by atoms with Crippen molar-refractivity contribution in [3.63, 3.8) is 0 Å². The van der Waals surface area contributed by atoms with Crippen LogP contribution >= 0.6 is 0 Å². The van der Waals surface area contributed by atoms with E-state index in [9.17, 15) is 13.2 Å². The lowest BCUT2D eigenvalue weighted by Crippen LogP contribution is -2.28. The molecule has 2 rings (SSSR count). The zero-order valence-electron chi connectivity index (χ0n) is 8.59. The van der Waals surface area contributed by atoms with Crippen molar-refractivity contribution in [3.05, 3.63) is 23.5 Å². The number of aromatic nitrogens is 2. The predicted molar refractivity (Wildman–Crippen MR) is 51.9 cm³/mol. The predicted octanol–water partition coefficient (Wildman–Crippen LogP) is 1.96. The fourth-order valence-corrected chi connectivity index (χ4v) is 2.02. The summed E-state index contributed by atoms with van der Waals surface area (Å²) in [7, 11) is 0. The average molecular weight is 231 g/mol. The number of halogens is 3. The Balaban J connectivity index is 2.32. The van der Waals surface area contributed by atoms with Gasteiger partial charge in [-0.3, -0.25) is 0 Å². The van der Waals surface area contributed by atoms with Crippen LogP contribution in [0.4, 0.5) is 13.2 Å². The number of alkyl halides is 3. The van der Waals surface area contributed by atoms with Crippen LogP contribution in [0.3, 0.4) is 0 Å². The second-order valence-electron chi connectivity index (χ2n) is 3.86. The molecular weight excluding hydrogens is 219 g/mol. The zero-order chi connectivity index (χ0) is 11.6. The smallest absolute Gasteiger partial charge is 0.317 e. The third-order valence-electron chi connectivity index (χ3n) is 2.80. The Morgan fingerprint density at radius 3 is 2.56 bits per heavy atom. The molecule has 1 saturated heterocycles. The molecule has 6 heteroatoms. The first-order chi connectivity index (χ1) is 7.59. The van der Waals surface area contributed by atoms with E-state index in [0.29, 0.717) is 0 Å². The van der Waals surface area contributed by atoms with Gasteiger partial charge in [-0.2, -0.15) is 18.3 Å². The molecule has 1 aromatic heterocycles. The third-order valence-corrected chi connectivity index (χ3v) is 2.80. The fraction of sp³-hybridized carbons (Fsp3) is 0.600. The molecule has 0 radical (unpaired) electrons. The van der Waals surface area contributed by atoms with E-state index in [2.05, 4.69) is 15.5 Å². The van der Waals surface area contributed by atoms with Gasteiger partial charge in [-0.1, -0.05) is 0 Å². The lowest BCUT2D eigenvalue weighted by atomic mass is 9.89. The summed E-state index contributed by atoms with van der Waals surface area (Å²) in [5.41, 5.74) is -0.550. The second kappa shape index (κ2) is 4.37. The van der Waals surface area contributed by atoms with Crippen molar-refractivity contribution >= 4 is 0 Å². The van der Waals surface area contributed by atoms with Gasteiger partial charge >= 0.3 is 6.18 Å². The number of hydrogen-bond donors (Lipinski definition) is 1. The number of nitrogens with zero attached hydrogens (tertiary/aromatic N) is 2. The molecule has 88 valence electrons. The Bertz CT molecular complexity index is 359. The van der Waals surface area contributed by atoms with Gasteiger partial charge < -0.3 is 5.32 Å². The largest absolute Gasteiger partial charge is 0.435 e. The summed E-state index contributed by atoms with van der Waals surface area (Å²) in [5, 5.41) is 9.68. The zero-order valence-corrected chi connectivity index (χ0v) is 8.59. The lowest BCUT2D eigenvalue weighted by Gasteiger charge is -2.24. The normalized spacial score (nSPS) is 18.7. The molecule has 1 aliphatic heterocycles. The van der Waals surface area contributed by atoms with Gasteiger partial charge in [0.25, 0.3) is 0 Å². The number of hydrogen-bond acceptors (Lipinski definition) is 3. The number of nitrogens with one attached hydrogen (secondary N) is 1. The molecule has 2 heterocycles. The monoisotopic (exact) mass is 231 g/mol. The van der Waals surface area contributed by atoms with Gasteiger partial charge in [-0.25, -0.2) is 0 Å². The van der Waals surface area contributed by atoms with Crippen molar-refractivity contribution in [1.82, 2.24) is 15.5 Å². The quantitative estimate of drug-likeness (QED) is 0.802. The molecule has 16 heavy (non-hydrogen) atoms. The average Bonchev–Trinajstić information content (AvgIpc) is 2.29. The van der Waals surface area contributed by atoms with Gasteiger partial charge in [0.05, 0.1) is 0 Å². The molecule has 0 unspecified atom stereocenters. The minimum Gasteiger partial charge on any atom is -0.317 e. The van der Waals surface area contributed by atoms with Gasteiger partial charge in [0, 0.05) is 6.20 Å². The number of rotatable bonds is 1. The molecule has 0 amide bonds. The Hall–Kier alpha value is -1.17. The van der Waals surface area contributed by atoms with Gasteiger partial charge in [0.2, 0.25) is 0 Å². The highest BCUT2D eigenvalue weighted by atomic mass is 19.4. The SMILES string of the molecule is FC(F)(F)c1nnccc1C1CCNCC1. The topological polar surface area (TPSA) is 37.8 Å². The third kappa shape index (κ3) is 2.32. The standard InChI is InChI=1S/C10H12F3N3/c11-10(12,13)9-8(3-6-15-16-9)7-1-4-14-5-2-7/h3,6-7,14H,1-2,4-5H2. The van der Waals surface area contributed by atoms with Crippen LogP contribution in [0.5, 0.6) is 0 Å².